The minimum atomic E-state index is -4.23. The van der Waals surface area contributed by atoms with E-state index in [1.807, 2.05) is 113 Å². The van der Waals surface area contributed by atoms with Crippen molar-refractivity contribution in [2.24, 2.45) is 5.92 Å². The van der Waals surface area contributed by atoms with E-state index in [1.54, 1.807) is 36.4 Å². The molecule has 0 aliphatic rings. The van der Waals surface area contributed by atoms with Crippen LogP contribution in [0.3, 0.4) is 0 Å². The van der Waals surface area contributed by atoms with Crippen LogP contribution in [0.1, 0.15) is 36.1 Å². The lowest BCUT2D eigenvalue weighted by Crippen LogP contribution is -2.53. The van der Waals surface area contributed by atoms with Gasteiger partial charge >= 0.3 is 0 Å². The fourth-order valence-corrected chi connectivity index (χ4v) is 7.07. The molecule has 0 aromatic heterocycles. The Kier molecular flexibility index (Phi) is 12.3. The number of nitrogens with one attached hydrogen (secondary N) is 1. The molecule has 1 N–H and O–H groups in total. The van der Waals surface area contributed by atoms with Crippen LogP contribution in [0, 0.1) is 19.8 Å². The molecule has 0 heterocycles. The number of sulfonamides is 1. The Morgan fingerprint density at radius 1 is 0.706 bits per heavy atom. The normalized spacial score (nSPS) is 11.9. The van der Waals surface area contributed by atoms with Crippen molar-refractivity contribution in [2.45, 2.75) is 51.6 Å². The van der Waals surface area contributed by atoms with Crippen LogP contribution >= 0.6 is 0 Å². The highest BCUT2D eigenvalue weighted by Crippen LogP contribution is 2.29. The topological polar surface area (TPSA) is 96.0 Å². The van der Waals surface area contributed by atoms with Crippen LogP contribution in [0.5, 0.6) is 11.5 Å². The predicted octanol–water partition coefficient (Wildman–Crippen LogP) is 7.70. The molecular weight excluding hydrogens is 659 g/mol. The molecule has 5 rings (SSSR count). The summed E-state index contributed by atoms with van der Waals surface area (Å²) in [5, 5.41) is 3.03. The Bertz CT molecular complexity index is 2000. The molecule has 0 radical (unpaired) electrons. The smallest absolute Gasteiger partial charge is 0.264 e. The van der Waals surface area contributed by atoms with E-state index in [0.29, 0.717) is 18.0 Å². The van der Waals surface area contributed by atoms with Crippen LogP contribution in [0.4, 0.5) is 5.69 Å². The molecule has 2 amide bonds. The quantitative estimate of drug-likeness (QED) is 0.121. The third-order valence-corrected chi connectivity index (χ3v) is 10.2. The second-order valence-corrected chi connectivity index (χ2v) is 15.0. The van der Waals surface area contributed by atoms with Gasteiger partial charge in [0.15, 0.2) is 0 Å². The number of hydrogen-bond acceptors (Lipinski definition) is 5. The van der Waals surface area contributed by atoms with Gasteiger partial charge < -0.3 is 15.0 Å². The van der Waals surface area contributed by atoms with E-state index in [9.17, 15) is 18.0 Å². The lowest BCUT2D eigenvalue weighted by atomic mass is 10.0. The summed E-state index contributed by atoms with van der Waals surface area (Å²) in [5.74, 6) is 0.518. The highest BCUT2D eigenvalue weighted by molar-refractivity contribution is 7.92. The van der Waals surface area contributed by atoms with Gasteiger partial charge in [-0.1, -0.05) is 110 Å². The van der Waals surface area contributed by atoms with Crippen LogP contribution in [-0.2, 0) is 32.6 Å². The summed E-state index contributed by atoms with van der Waals surface area (Å²) in [7, 11) is -4.23. The number of benzene rings is 5. The maximum Gasteiger partial charge on any atom is 0.264 e. The minimum Gasteiger partial charge on any atom is -0.457 e. The first-order valence-corrected chi connectivity index (χ1v) is 18.5. The summed E-state index contributed by atoms with van der Waals surface area (Å²) >= 11 is 0. The standard InChI is InChI=1S/C42H45N3O5S/c1-31(2)28-43-42(47)40(27-34-13-7-5-8-14-34)44(29-35-15-11-12-33(4)26-35)41(46)30-45(51(48,49)39-24-18-32(3)19-25-39)36-20-22-38(23-21-36)50-37-16-9-6-10-17-37/h5-26,31,40H,27-30H2,1-4H3,(H,43,47). The summed E-state index contributed by atoms with van der Waals surface area (Å²) in [6.07, 6.45) is 0.249. The van der Waals surface area contributed by atoms with Gasteiger partial charge in [-0.25, -0.2) is 8.42 Å². The third-order valence-electron chi connectivity index (χ3n) is 8.38. The number of anilines is 1. The molecule has 0 saturated carbocycles. The number of ether oxygens (including phenoxy) is 1. The highest BCUT2D eigenvalue weighted by atomic mass is 32.2. The molecule has 1 atom stereocenters. The van der Waals surface area contributed by atoms with E-state index in [2.05, 4.69) is 5.32 Å². The first kappa shape index (κ1) is 36.9. The minimum absolute atomic E-state index is 0.0475. The second-order valence-electron chi connectivity index (χ2n) is 13.1. The summed E-state index contributed by atoms with van der Waals surface area (Å²) < 4.78 is 35.9. The Morgan fingerprint density at radius 3 is 1.94 bits per heavy atom. The van der Waals surface area contributed by atoms with Crippen LogP contribution in [0.15, 0.2) is 138 Å². The molecule has 0 saturated heterocycles. The zero-order chi connectivity index (χ0) is 36.4. The molecule has 0 bridgehead atoms. The van der Waals surface area contributed by atoms with Gasteiger partial charge in [0, 0.05) is 19.5 Å². The van der Waals surface area contributed by atoms with Crippen molar-refractivity contribution >= 4 is 27.5 Å². The van der Waals surface area contributed by atoms with Crippen molar-refractivity contribution in [1.82, 2.24) is 10.2 Å². The number of carbonyl (C=O) groups excluding carboxylic acids is 2. The molecule has 0 aliphatic carbocycles. The van der Waals surface area contributed by atoms with Crippen molar-refractivity contribution in [1.29, 1.82) is 0 Å². The lowest BCUT2D eigenvalue weighted by molar-refractivity contribution is -0.140. The van der Waals surface area contributed by atoms with E-state index < -0.39 is 28.5 Å². The molecule has 264 valence electrons. The molecule has 5 aromatic rings. The van der Waals surface area contributed by atoms with Crippen molar-refractivity contribution in [3.05, 3.63) is 156 Å². The van der Waals surface area contributed by atoms with Crippen LogP contribution in [0.25, 0.3) is 0 Å². The maximum absolute atomic E-state index is 14.7. The first-order chi connectivity index (χ1) is 24.5. The molecule has 0 aliphatic heterocycles. The van der Waals surface area contributed by atoms with Gasteiger partial charge in [0.05, 0.1) is 10.6 Å². The zero-order valence-electron chi connectivity index (χ0n) is 29.5. The summed E-state index contributed by atoms with van der Waals surface area (Å²) in [4.78, 5) is 30.3. The summed E-state index contributed by atoms with van der Waals surface area (Å²) in [5.41, 5.74) is 3.89. The van der Waals surface area contributed by atoms with Gasteiger partial charge in [-0.2, -0.15) is 0 Å². The van der Waals surface area contributed by atoms with Gasteiger partial charge in [-0.05, 0) is 79.4 Å². The van der Waals surface area contributed by atoms with Crippen molar-refractivity contribution in [3.63, 3.8) is 0 Å². The highest BCUT2D eigenvalue weighted by Gasteiger charge is 2.34. The van der Waals surface area contributed by atoms with Gasteiger partial charge in [0.25, 0.3) is 10.0 Å². The Morgan fingerprint density at radius 2 is 1.31 bits per heavy atom. The zero-order valence-corrected chi connectivity index (χ0v) is 30.3. The van der Waals surface area contributed by atoms with Crippen molar-refractivity contribution in [2.75, 3.05) is 17.4 Å². The van der Waals surface area contributed by atoms with Crippen LogP contribution in [0.2, 0.25) is 0 Å². The fourth-order valence-electron chi connectivity index (χ4n) is 5.65. The molecule has 0 spiro atoms. The third kappa shape index (κ3) is 10.1. The van der Waals surface area contributed by atoms with E-state index in [1.165, 1.54) is 17.0 Å². The average molecular weight is 704 g/mol. The molecule has 1 unspecified atom stereocenters. The molecule has 51 heavy (non-hydrogen) atoms. The largest absolute Gasteiger partial charge is 0.457 e. The van der Waals surface area contributed by atoms with Gasteiger partial charge in [-0.15, -0.1) is 0 Å². The molecule has 5 aromatic carbocycles. The number of para-hydroxylation sites is 1. The van der Waals surface area contributed by atoms with Crippen molar-refractivity contribution in [3.8, 4) is 11.5 Å². The number of nitrogens with zero attached hydrogens (tertiary/aromatic N) is 2. The monoisotopic (exact) mass is 703 g/mol. The first-order valence-electron chi connectivity index (χ1n) is 17.1. The number of amides is 2. The Balaban J connectivity index is 1.56. The van der Waals surface area contributed by atoms with Crippen LogP contribution < -0.4 is 14.4 Å². The summed E-state index contributed by atoms with van der Waals surface area (Å²) in [6.45, 7) is 7.86. The van der Waals surface area contributed by atoms with Crippen LogP contribution in [-0.4, -0.2) is 44.3 Å². The maximum atomic E-state index is 14.7. The van der Waals surface area contributed by atoms with E-state index in [0.717, 1.165) is 26.6 Å². The molecular formula is C42H45N3O5S. The van der Waals surface area contributed by atoms with Gasteiger partial charge in [-0.3, -0.25) is 13.9 Å². The second kappa shape index (κ2) is 17.0. The average Bonchev–Trinajstić information content (AvgIpc) is 3.12. The van der Waals surface area contributed by atoms with E-state index >= 15 is 0 Å². The fraction of sp³-hybridized carbons (Fsp3) is 0.238. The molecule has 0 fully saturated rings. The van der Waals surface area contributed by atoms with Crippen molar-refractivity contribution < 1.29 is 22.7 Å². The van der Waals surface area contributed by atoms with E-state index in [-0.39, 0.29) is 35.4 Å². The van der Waals surface area contributed by atoms with Gasteiger partial charge in [0.1, 0.15) is 24.1 Å². The Hall–Kier alpha value is -5.41. The summed E-state index contributed by atoms with van der Waals surface area (Å²) in [6, 6.07) is 38.8. The van der Waals surface area contributed by atoms with E-state index in [4.69, 9.17) is 4.74 Å². The number of rotatable bonds is 15. The predicted molar refractivity (Wildman–Crippen MR) is 202 cm³/mol. The molecule has 8 nitrogen and oxygen atoms in total. The number of hydrogen-bond donors (Lipinski definition) is 1. The van der Waals surface area contributed by atoms with Gasteiger partial charge in [0.2, 0.25) is 11.8 Å². The Labute approximate surface area is 301 Å². The number of aryl methyl sites for hydroxylation is 2. The lowest BCUT2D eigenvalue weighted by Gasteiger charge is -2.34. The number of carbonyl (C=O) groups is 2. The molecule has 9 heteroatoms. The SMILES string of the molecule is Cc1ccc(S(=O)(=O)N(CC(=O)N(Cc2cccc(C)c2)C(Cc2ccccc2)C(=O)NCC(C)C)c2ccc(Oc3ccccc3)cc2)cc1.